The van der Waals surface area contributed by atoms with Gasteiger partial charge in [0.1, 0.15) is 0 Å². The summed E-state index contributed by atoms with van der Waals surface area (Å²) < 4.78 is 0. The minimum Gasteiger partial charge on any atom is -0.314 e. The van der Waals surface area contributed by atoms with Crippen molar-refractivity contribution < 1.29 is 0 Å². The lowest BCUT2D eigenvalue weighted by Gasteiger charge is -2.45. The van der Waals surface area contributed by atoms with E-state index in [1.807, 2.05) is 0 Å². The van der Waals surface area contributed by atoms with E-state index in [9.17, 15) is 0 Å². The summed E-state index contributed by atoms with van der Waals surface area (Å²) in [5.74, 6) is 0.911. The van der Waals surface area contributed by atoms with Crippen LogP contribution in [0, 0.1) is 11.3 Å². The number of nitrogens with zero attached hydrogens (tertiary/aromatic N) is 1. The molecule has 2 fully saturated rings. The van der Waals surface area contributed by atoms with E-state index in [4.69, 9.17) is 0 Å². The zero-order chi connectivity index (χ0) is 10.9. The summed E-state index contributed by atoms with van der Waals surface area (Å²) >= 11 is 0. The van der Waals surface area contributed by atoms with Crippen LogP contribution in [0.5, 0.6) is 0 Å². The van der Waals surface area contributed by atoms with Gasteiger partial charge >= 0.3 is 0 Å². The number of piperazine rings is 1. The maximum Gasteiger partial charge on any atom is 0.0110 e. The molecule has 2 atom stereocenters. The topological polar surface area (TPSA) is 15.3 Å². The fourth-order valence-corrected chi connectivity index (χ4v) is 3.62. The van der Waals surface area contributed by atoms with Crippen LogP contribution in [0.1, 0.15) is 40.0 Å². The highest BCUT2D eigenvalue weighted by molar-refractivity contribution is 4.89. The van der Waals surface area contributed by atoms with Gasteiger partial charge in [0.25, 0.3) is 0 Å². The first kappa shape index (κ1) is 11.4. The Morgan fingerprint density at radius 1 is 1.13 bits per heavy atom. The first-order valence-corrected chi connectivity index (χ1v) is 6.52. The summed E-state index contributed by atoms with van der Waals surface area (Å²) in [4.78, 5) is 2.72. The molecule has 1 aliphatic heterocycles. The number of nitrogens with one attached hydrogen (secondary N) is 1. The van der Waals surface area contributed by atoms with Crippen molar-refractivity contribution in [2.45, 2.75) is 46.1 Å². The predicted octanol–water partition coefficient (Wildman–Crippen LogP) is 2.11. The molecular formula is C13H26N2. The van der Waals surface area contributed by atoms with Crippen LogP contribution < -0.4 is 5.32 Å². The van der Waals surface area contributed by atoms with Crippen molar-refractivity contribution >= 4 is 0 Å². The first-order valence-electron chi connectivity index (χ1n) is 6.52. The molecular weight excluding hydrogens is 184 g/mol. The lowest BCUT2D eigenvalue weighted by atomic mass is 9.70. The Kier molecular flexibility index (Phi) is 3.36. The van der Waals surface area contributed by atoms with E-state index in [1.165, 1.54) is 45.4 Å². The van der Waals surface area contributed by atoms with Crippen molar-refractivity contribution in [1.82, 2.24) is 10.2 Å². The first-order chi connectivity index (χ1) is 7.07. The molecule has 0 bridgehead atoms. The van der Waals surface area contributed by atoms with Crippen LogP contribution in [0.2, 0.25) is 0 Å². The van der Waals surface area contributed by atoms with Gasteiger partial charge in [0.2, 0.25) is 0 Å². The van der Waals surface area contributed by atoms with Gasteiger partial charge in [0.15, 0.2) is 0 Å². The van der Waals surface area contributed by atoms with Gasteiger partial charge in [-0.1, -0.05) is 20.8 Å². The van der Waals surface area contributed by atoms with E-state index in [0.717, 1.165) is 12.0 Å². The van der Waals surface area contributed by atoms with Crippen LogP contribution in [-0.2, 0) is 0 Å². The Morgan fingerprint density at radius 3 is 2.40 bits per heavy atom. The van der Waals surface area contributed by atoms with E-state index >= 15 is 0 Å². The van der Waals surface area contributed by atoms with Gasteiger partial charge in [0.05, 0.1) is 0 Å². The fourth-order valence-electron chi connectivity index (χ4n) is 3.62. The molecule has 2 rings (SSSR count). The highest BCUT2D eigenvalue weighted by atomic mass is 15.2. The largest absolute Gasteiger partial charge is 0.314 e. The molecule has 2 unspecified atom stereocenters. The second-order valence-electron chi connectivity index (χ2n) is 6.35. The number of hydrogen-bond donors (Lipinski definition) is 1. The zero-order valence-corrected chi connectivity index (χ0v) is 10.6. The monoisotopic (exact) mass is 210 g/mol. The molecule has 0 aromatic heterocycles. The van der Waals surface area contributed by atoms with Crippen molar-refractivity contribution in [1.29, 1.82) is 0 Å². The Labute approximate surface area is 94.4 Å². The number of rotatable bonds is 1. The molecule has 0 radical (unpaired) electrons. The van der Waals surface area contributed by atoms with Gasteiger partial charge in [-0.2, -0.15) is 0 Å². The molecule has 88 valence electrons. The average molecular weight is 210 g/mol. The third-order valence-electron chi connectivity index (χ3n) is 4.03. The summed E-state index contributed by atoms with van der Waals surface area (Å²) in [6, 6.07) is 0.853. The minimum absolute atomic E-state index is 0.563. The van der Waals surface area contributed by atoms with Crippen LogP contribution in [0.15, 0.2) is 0 Å². The molecule has 1 aliphatic carbocycles. The second kappa shape index (κ2) is 4.42. The SMILES string of the molecule is CC1CC(N2CCNCC2)CC(C)(C)C1. The Bertz CT molecular complexity index is 207. The normalized spacial score (nSPS) is 37.8. The van der Waals surface area contributed by atoms with Crippen molar-refractivity contribution in [3.8, 4) is 0 Å². The van der Waals surface area contributed by atoms with Crippen LogP contribution in [-0.4, -0.2) is 37.1 Å². The van der Waals surface area contributed by atoms with Gasteiger partial charge in [0, 0.05) is 32.2 Å². The molecule has 2 nitrogen and oxygen atoms in total. The standard InChI is InChI=1S/C13H26N2/c1-11-8-12(10-13(2,3)9-11)15-6-4-14-5-7-15/h11-12,14H,4-10H2,1-3H3. The molecule has 2 heteroatoms. The van der Waals surface area contributed by atoms with E-state index in [1.54, 1.807) is 0 Å². The van der Waals surface area contributed by atoms with Crippen molar-refractivity contribution in [2.75, 3.05) is 26.2 Å². The molecule has 1 saturated carbocycles. The van der Waals surface area contributed by atoms with Crippen LogP contribution in [0.4, 0.5) is 0 Å². The van der Waals surface area contributed by atoms with E-state index < -0.39 is 0 Å². The second-order valence-corrected chi connectivity index (χ2v) is 6.35. The van der Waals surface area contributed by atoms with Gasteiger partial charge in [-0.05, 0) is 30.6 Å². The Morgan fingerprint density at radius 2 is 1.80 bits per heavy atom. The molecule has 1 N–H and O–H groups in total. The summed E-state index contributed by atoms with van der Waals surface area (Å²) in [6.45, 7) is 12.2. The molecule has 0 spiro atoms. The molecule has 1 heterocycles. The van der Waals surface area contributed by atoms with Gasteiger partial charge in [-0.3, -0.25) is 4.90 Å². The maximum atomic E-state index is 3.44. The highest BCUT2D eigenvalue weighted by Gasteiger charge is 2.34. The van der Waals surface area contributed by atoms with Crippen LogP contribution in [0.25, 0.3) is 0 Å². The minimum atomic E-state index is 0.563. The summed E-state index contributed by atoms with van der Waals surface area (Å²) in [7, 11) is 0. The van der Waals surface area contributed by atoms with Crippen molar-refractivity contribution in [3.05, 3.63) is 0 Å². The quantitative estimate of drug-likeness (QED) is 0.713. The predicted molar refractivity (Wildman–Crippen MR) is 65.0 cm³/mol. The Balaban J connectivity index is 1.95. The van der Waals surface area contributed by atoms with E-state index in [2.05, 4.69) is 31.0 Å². The van der Waals surface area contributed by atoms with E-state index in [0.29, 0.717) is 5.41 Å². The fraction of sp³-hybridized carbons (Fsp3) is 1.00. The lowest BCUT2D eigenvalue weighted by Crippen LogP contribution is -2.51. The zero-order valence-electron chi connectivity index (χ0n) is 10.6. The van der Waals surface area contributed by atoms with Gasteiger partial charge < -0.3 is 5.32 Å². The van der Waals surface area contributed by atoms with Crippen LogP contribution >= 0.6 is 0 Å². The third kappa shape index (κ3) is 2.94. The molecule has 1 saturated heterocycles. The summed E-state index contributed by atoms with van der Waals surface area (Å²) in [5.41, 5.74) is 0.563. The molecule has 15 heavy (non-hydrogen) atoms. The van der Waals surface area contributed by atoms with E-state index in [-0.39, 0.29) is 0 Å². The average Bonchev–Trinajstić information content (AvgIpc) is 2.16. The highest BCUT2D eigenvalue weighted by Crippen LogP contribution is 2.40. The smallest absolute Gasteiger partial charge is 0.0110 e. The molecule has 0 aromatic rings. The van der Waals surface area contributed by atoms with Gasteiger partial charge in [-0.15, -0.1) is 0 Å². The van der Waals surface area contributed by atoms with Gasteiger partial charge in [-0.25, -0.2) is 0 Å². The molecule has 0 amide bonds. The maximum absolute atomic E-state index is 3.44. The molecule has 0 aromatic carbocycles. The summed E-state index contributed by atoms with van der Waals surface area (Å²) in [6.07, 6.45) is 4.23. The lowest BCUT2D eigenvalue weighted by molar-refractivity contribution is 0.0593. The van der Waals surface area contributed by atoms with Crippen LogP contribution in [0.3, 0.4) is 0 Å². The third-order valence-corrected chi connectivity index (χ3v) is 4.03. The molecule has 2 aliphatic rings. The Hall–Kier alpha value is -0.0800. The van der Waals surface area contributed by atoms with Crippen molar-refractivity contribution in [3.63, 3.8) is 0 Å². The number of hydrogen-bond acceptors (Lipinski definition) is 2. The summed E-state index contributed by atoms with van der Waals surface area (Å²) in [5, 5.41) is 3.44. The van der Waals surface area contributed by atoms with Crippen molar-refractivity contribution in [2.24, 2.45) is 11.3 Å².